The number of nitrogens with zero attached hydrogens (tertiary/aromatic N) is 4. The summed E-state index contributed by atoms with van der Waals surface area (Å²) < 4.78 is 38.4. The van der Waals surface area contributed by atoms with Crippen LogP contribution in [0.2, 0.25) is 0 Å². The third-order valence-electron chi connectivity index (χ3n) is 5.12. The molecule has 1 atom stereocenters. The summed E-state index contributed by atoms with van der Waals surface area (Å²) in [5, 5.41) is 18.6. The summed E-state index contributed by atoms with van der Waals surface area (Å²) in [7, 11) is -4.62. The molecule has 0 aliphatic carbocycles. The van der Waals surface area contributed by atoms with Crippen molar-refractivity contribution >= 4 is 27.4 Å². The maximum atomic E-state index is 11.4. The van der Waals surface area contributed by atoms with Crippen molar-refractivity contribution in [3.63, 3.8) is 0 Å². The second-order valence-corrected chi connectivity index (χ2v) is 8.27. The number of likely N-dealkylation sites (tertiary alicyclic amines) is 1. The maximum Gasteiger partial charge on any atom is 0.399 e. The Labute approximate surface area is 168 Å². The van der Waals surface area contributed by atoms with Gasteiger partial charge in [-0.05, 0) is 44.7 Å². The van der Waals surface area contributed by atoms with E-state index in [0.29, 0.717) is 38.0 Å². The molecule has 0 saturated carbocycles. The van der Waals surface area contributed by atoms with Crippen molar-refractivity contribution in [1.82, 2.24) is 14.5 Å². The van der Waals surface area contributed by atoms with Crippen LogP contribution in [0.3, 0.4) is 0 Å². The minimum Gasteiger partial charge on any atom is -0.363 e. The van der Waals surface area contributed by atoms with Gasteiger partial charge in [0.25, 0.3) is 0 Å². The van der Waals surface area contributed by atoms with E-state index in [1.54, 1.807) is 31.3 Å². The molecule has 1 unspecified atom stereocenters. The van der Waals surface area contributed by atoms with E-state index in [2.05, 4.69) is 10.4 Å². The molecule has 0 bridgehead atoms. The molecule has 11 nitrogen and oxygen atoms in total. The number of nitrogens with one attached hydrogen (secondary N) is 1. The van der Waals surface area contributed by atoms with Crippen LogP contribution in [0, 0.1) is 10.1 Å². The molecular formula is C17H25N5O6S. The van der Waals surface area contributed by atoms with E-state index in [1.807, 2.05) is 4.90 Å². The number of fused-ring (bicyclic) bond motifs is 1. The highest BCUT2D eigenvalue weighted by Crippen LogP contribution is 2.30. The molecule has 0 radical (unpaired) electrons. The topological polar surface area (TPSA) is 139 Å². The number of piperidine rings is 1. The minimum absolute atomic E-state index is 0.112. The number of hydrogen-bond acceptors (Lipinski definition) is 8. The summed E-state index contributed by atoms with van der Waals surface area (Å²) in [6, 6.07) is 5.04. The Morgan fingerprint density at radius 3 is 2.72 bits per heavy atom. The van der Waals surface area contributed by atoms with Crippen LogP contribution in [0.1, 0.15) is 39.0 Å². The van der Waals surface area contributed by atoms with Gasteiger partial charge >= 0.3 is 16.1 Å². The van der Waals surface area contributed by atoms with E-state index in [-0.39, 0.29) is 11.5 Å². The van der Waals surface area contributed by atoms with E-state index < -0.39 is 21.0 Å². The minimum atomic E-state index is -4.62. The molecule has 160 valence electrons. The predicted octanol–water partition coefficient (Wildman–Crippen LogP) is 2.46. The first-order chi connectivity index (χ1) is 13.7. The van der Waals surface area contributed by atoms with Gasteiger partial charge in [-0.2, -0.15) is 8.42 Å². The first-order valence-corrected chi connectivity index (χ1v) is 10.8. The molecule has 2 aromatic heterocycles. The lowest BCUT2D eigenvalue weighted by atomic mass is 10.0. The fourth-order valence-electron chi connectivity index (χ4n) is 3.75. The third kappa shape index (κ3) is 5.21. The second-order valence-electron chi connectivity index (χ2n) is 7.25. The molecule has 0 spiro atoms. The fourth-order valence-corrected chi connectivity index (χ4v) is 4.40. The highest BCUT2D eigenvalue weighted by Gasteiger charge is 2.37. The number of nitro groups is 1. The van der Waals surface area contributed by atoms with Crippen LogP contribution in [0.25, 0.3) is 5.52 Å². The Bertz CT molecular complexity index is 972. The SMILES string of the molecule is CC(CCCNc1nn2ccccc2c1[N+](=O)[O-])(OS(=O)(=O)O)N1CCCCC1. The molecule has 3 rings (SSSR count). The zero-order valence-corrected chi connectivity index (χ0v) is 17.0. The lowest BCUT2D eigenvalue weighted by molar-refractivity contribution is -0.382. The second kappa shape index (κ2) is 8.61. The Hall–Kier alpha value is -2.28. The van der Waals surface area contributed by atoms with Crippen molar-refractivity contribution in [1.29, 1.82) is 0 Å². The molecule has 1 saturated heterocycles. The molecule has 1 fully saturated rings. The lowest BCUT2D eigenvalue weighted by Gasteiger charge is -2.41. The Balaban J connectivity index is 1.68. The van der Waals surface area contributed by atoms with E-state index in [9.17, 15) is 23.1 Å². The van der Waals surface area contributed by atoms with Crippen molar-refractivity contribution in [2.45, 2.75) is 44.8 Å². The summed E-state index contributed by atoms with van der Waals surface area (Å²) >= 11 is 0. The van der Waals surface area contributed by atoms with Crippen molar-refractivity contribution in [3.05, 3.63) is 34.5 Å². The molecule has 0 aromatic carbocycles. The number of anilines is 1. The average molecular weight is 427 g/mol. The van der Waals surface area contributed by atoms with E-state index in [4.69, 9.17) is 4.18 Å². The highest BCUT2D eigenvalue weighted by atomic mass is 32.3. The first kappa shape index (κ1) is 21.4. The summed E-state index contributed by atoms with van der Waals surface area (Å²) in [5.41, 5.74) is -0.910. The van der Waals surface area contributed by atoms with Crippen LogP contribution in [-0.4, -0.2) is 57.8 Å². The lowest BCUT2D eigenvalue weighted by Crippen LogP contribution is -2.51. The first-order valence-electron chi connectivity index (χ1n) is 9.48. The smallest absolute Gasteiger partial charge is 0.363 e. The van der Waals surface area contributed by atoms with Crippen LogP contribution < -0.4 is 5.32 Å². The Kier molecular flexibility index (Phi) is 6.36. The van der Waals surface area contributed by atoms with Gasteiger partial charge in [-0.3, -0.25) is 19.6 Å². The summed E-state index contributed by atoms with van der Waals surface area (Å²) in [6.45, 7) is 3.32. The zero-order valence-electron chi connectivity index (χ0n) is 16.2. The van der Waals surface area contributed by atoms with Gasteiger partial charge in [0.2, 0.25) is 5.82 Å². The van der Waals surface area contributed by atoms with Gasteiger partial charge in [-0.1, -0.05) is 12.5 Å². The third-order valence-corrected chi connectivity index (χ3v) is 5.69. The largest absolute Gasteiger partial charge is 0.399 e. The molecule has 1 aliphatic rings. The van der Waals surface area contributed by atoms with E-state index in [0.717, 1.165) is 19.3 Å². The molecule has 12 heteroatoms. The van der Waals surface area contributed by atoms with Crippen LogP contribution in [-0.2, 0) is 14.6 Å². The molecule has 1 aliphatic heterocycles. The van der Waals surface area contributed by atoms with Gasteiger partial charge in [0.1, 0.15) is 11.2 Å². The molecule has 0 amide bonds. The van der Waals surface area contributed by atoms with E-state index >= 15 is 0 Å². The number of aromatic nitrogens is 2. The van der Waals surface area contributed by atoms with Crippen molar-refractivity contribution in [2.24, 2.45) is 0 Å². The summed E-state index contributed by atoms with van der Waals surface area (Å²) in [4.78, 5) is 12.9. The Morgan fingerprint density at radius 1 is 1.34 bits per heavy atom. The van der Waals surface area contributed by atoms with Crippen molar-refractivity contribution in [2.75, 3.05) is 25.0 Å². The van der Waals surface area contributed by atoms with E-state index in [1.165, 1.54) is 4.52 Å². The van der Waals surface area contributed by atoms with Crippen molar-refractivity contribution < 1.29 is 22.1 Å². The average Bonchev–Trinajstić information content (AvgIpc) is 3.03. The van der Waals surface area contributed by atoms with Gasteiger partial charge < -0.3 is 5.32 Å². The molecule has 2 N–H and O–H groups in total. The molecule has 2 aromatic rings. The summed E-state index contributed by atoms with van der Waals surface area (Å²) in [5.74, 6) is 0.150. The van der Waals surface area contributed by atoms with Crippen LogP contribution in [0.5, 0.6) is 0 Å². The Morgan fingerprint density at radius 2 is 2.07 bits per heavy atom. The number of pyridine rings is 1. The zero-order chi connectivity index (χ0) is 21.1. The standard InChI is InChI=1S/C17H25N5O6S/c1-17(28-29(25,26)27,20-11-4-2-5-12-20)9-7-10-18-16-15(22(23)24)14-8-3-6-13-21(14)19-16/h3,6,8,13H,2,4-5,7,9-12H2,1H3,(H,18,19)(H,25,26,27). The van der Waals surface area contributed by atoms with Crippen LogP contribution in [0.15, 0.2) is 24.4 Å². The van der Waals surface area contributed by atoms with Gasteiger partial charge in [0.05, 0.1) is 4.92 Å². The van der Waals surface area contributed by atoms with Gasteiger partial charge in [-0.25, -0.2) is 8.70 Å². The fraction of sp³-hybridized carbons (Fsp3) is 0.588. The van der Waals surface area contributed by atoms with Gasteiger partial charge in [-0.15, -0.1) is 5.10 Å². The van der Waals surface area contributed by atoms with Crippen LogP contribution >= 0.6 is 0 Å². The monoisotopic (exact) mass is 427 g/mol. The molecule has 29 heavy (non-hydrogen) atoms. The molecular weight excluding hydrogens is 402 g/mol. The maximum absolute atomic E-state index is 11.4. The predicted molar refractivity (Wildman–Crippen MR) is 106 cm³/mol. The van der Waals surface area contributed by atoms with Crippen LogP contribution in [0.4, 0.5) is 11.5 Å². The van der Waals surface area contributed by atoms with Gasteiger partial charge in [0, 0.05) is 25.8 Å². The van der Waals surface area contributed by atoms with Crippen molar-refractivity contribution in [3.8, 4) is 0 Å². The number of hydrogen-bond donors (Lipinski definition) is 2. The normalized spacial score (nSPS) is 17.9. The quantitative estimate of drug-likeness (QED) is 0.267. The molecule has 3 heterocycles. The number of rotatable bonds is 9. The van der Waals surface area contributed by atoms with Gasteiger partial charge in [0.15, 0.2) is 0 Å². The summed E-state index contributed by atoms with van der Waals surface area (Å²) in [6.07, 6.45) is 5.30. The highest BCUT2D eigenvalue weighted by molar-refractivity contribution is 7.80.